The van der Waals surface area contributed by atoms with E-state index in [4.69, 9.17) is 5.11 Å². The Morgan fingerprint density at radius 2 is 1.65 bits per heavy atom. The van der Waals surface area contributed by atoms with Crippen LogP contribution < -0.4 is 5.32 Å². The van der Waals surface area contributed by atoms with Crippen molar-refractivity contribution in [2.45, 2.75) is 24.8 Å². The predicted molar refractivity (Wildman–Crippen MR) is 113 cm³/mol. The predicted octanol–water partition coefficient (Wildman–Crippen LogP) is 1.80. The van der Waals surface area contributed by atoms with Gasteiger partial charge in [0.15, 0.2) is 17.5 Å². The fraction of sp³-hybridized carbons (Fsp3) is 0.333. The maximum absolute atomic E-state index is 13.6. The van der Waals surface area contributed by atoms with Crippen LogP contribution in [0.5, 0.6) is 0 Å². The molecule has 4 rings (SSSR count). The lowest BCUT2D eigenvalue weighted by Gasteiger charge is -2.45. The number of piperidine rings is 1. The van der Waals surface area contributed by atoms with Gasteiger partial charge in [-0.2, -0.15) is 0 Å². The highest BCUT2D eigenvalue weighted by Gasteiger charge is 2.54. The second kappa shape index (κ2) is 8.43. The molecule has 1 atom stereocenters. The monoisotopic (exact) mass is 420 g/mol. The molecule has 2 aromatic rings. The number of hydrogen-bond acceptors (Lipinski definition) is 5. The summed E-state index contributed by atoms with van der Waals surface area (Å²) >= 11 is 0. The lowest BCUT2D eigenvalue weighted by atomic mass is 9.60. The highest BCUT2D eigenvalue weighted by molar-refractivity contribution is 6.29. The molecule has 7 nitrogen and oxygen atoms in total. The zero-order chi connectivity index (χ0) is 22.0. The molecule has 0 saturated carbocycles. The van der Waals surface area contributed by atoms with Gasteiger partial charge in [-0.3, -0.25) is 24.1 Å². The minimum absolute atomic E-state index is 0.383. The number of benzene rings is 2. The van der Waals surface area contributed by atoms with Crippen LogP contribution >= 0.6 is 0 Å². The molecule has 2 aromatic carbocycles. The van der Waals surface area contributed by atoms with Crippen molar-refractivity contribution in [3.05, 3.63) is 71.3 Å². The SMILES string of the molecule is O=C(O)CNC(=O)C1C(=O)c2ccccc2C2(CCN(Cc3ccccc3)CC2)C1=O. The molecule has 2 N–H and O–H groups in total. The summed E-state index contributed by atoms with van der Waals surface area (Å²) in [4.78, 5) is 52.3. The van der Waals surface area contributed by atoms with E-state index in [9.17, 15) is 19.2 Å². The Morgan fingerprint density at radius 1 is 1.00 bits per heavy atom. The maximum Gasteiger partial charge on any atom is 0.322 e. The van der Waals surface area contributed by atoms with Crippen LogP contribution in [0.25, 0.3) is 0 Å². The first-order valence-corrected chi connectivity index (χ1v) is 10.4. The Morgan fingerprint density at radius 3 is 2.32 bits per heavy atom. The number of aliphatic carboxylic acids is 1. The quantitative estimate of drug-likeness (QED) is 0.715. The van der Waals surface area contributed by atoms with Crippen LogP contribution in [0, 0.1) is 5.92 Å². The molecule has 1 spiro atoms. The molecule has 0 aromatic heterocycles. The van der Waals surface area contributed by atoms with Crippen molar-refractivity contribution in [3.8, 4) is 0 Å². The number of ketones is 2. The minimum atomic E-state index is -1.50. The van der Waals surface area contributed by atoms with Crippen LogP contribution in [0.3, 0.4) is 0 Å². The standard InChI is InChI=1S/C24H24N2O5/c27-19(28)14-25-23(31)20-21(29)17-8-4-5-9-18(17)24(22(20)30)10-12-26(13-11-24)15-16-6-2-1-3-7-16/h1-9,20H,10-15H2,(H,25,31)(H,27,28). The zero-order valence-electron chi connectivity index (χ0n) is 17.0. The van der Waals surface area contributed by atoms with Gasteiger partial charge in [0.25, 0.3) is 0 Å². The van der Waals surface area contributed by atoms with E-state index >= 15 is 0 Å². The molecule has 1 aliphatic carbocycles. The molecule has 0 bridgehead atoms. The molecule has 7 heteroatoms. The molecule has 31 heavy (non-hydrogen) atoms. The summed E-state index contributed by atoms with van der Waals surface area (Å²) in [6.07, 6.45) is 1.01. The van der Waals surface area contributed by atoms with Crippen LogP contribution in [-0.2, 0) is 26.3 Å². The van der Waals surface area contributed by atoms with Gasteiger partial charge in [-0.1, -0.05) is 54.6 Å². The number of Topliss-reactive ketones (excluding diaryl/α,β-unsaturated/α-hetero) is 2. The van der Waals surface area contributed by atoms with E-state index in [0.717, 1.165) is 6.54 Å². The minimum Gasteiger partial charge on any atom is -0.480 e. The third-order valence-corrected chi connectivity index (χ3v) is 6.34. The summed E-state index contributed by atoms with van der Waals surface area (Å²) in [5.74, 6) is -4.54. The highest BCUT2D eigenvalue weighted by atomic mass is 16.4. The Balaban J connectivity index is 1.61. The summed E-state index contributed by atoms with van der Waals surface area (Å²) < 4.78 is 0. The lowest BCUT2D eigenvalue weighted by molar-refractivity contribution is -0.141. The van der Waals surface area contributed by atoms with E-state index in [-0.39, 0.29) is 0 Å². The number of hydrogen-bond donors (Lipinski definition) is 2. The van der Waals surface area contributed by atoms with E-state index in [1.165, 1.54) is 5.56 Å². The van der Waals surface area contributed by atoms with E-state index in [0.29, 0.717) is 37.1 Å². The topological polar surface area (TPSA) is 104 Å². The Labute approximate surface area is 180 Å². The van der Waals surface area contributed by atoms with Crippen molar-refractivity contribution in [2.75, 3.05) is 19.6 Å². The molecule has 1 fully saturated rings. The van der Waals surface area contributed by atoms with Gasteiger partial charge in [0.2, 0.25) is 5.91 Å². The van der Waals surface area contributed by atoms with Crippen LogP contribution in [0.4, 0.5) is 0 Å². The molecule has 1 aliphatic heterocycles. The first kappa shape index (κ1) is 20.9. The Kier molecular flexibility index (Phi) is 5.69. The van der Waals surface area contributed by atoms with Crippen molar-refractivity contribution < 1.29 is 24.3 Å². The highest BCUT2D eigenvalue weighted by Crippen LogP contribution is 2.44. The van der Waals surface area contributed by atoms with Crippen molar-refractivity contribution in [1.82, 2.24) is 10.2 Å². The van der Waals surface area contributed by atoms with Crippen LogP contribution in [-0.4, -0.2) is 53.1 Å². The average Bonchev–Trinajstić information content (AvgIpc) is 2.78. The molecule has 0 radical (unpaired) electrons. The van der Waals surface area contributed by atoms with Crippen molar-refractivity contribution in [2.24, 2.45) is 5.92 Å². The van der Waals surface area contributed by atoms with Gasteiger partial charge in [-0.25, -0.2) is 0 Å². The first-order valence-electron chi connectivity index (χ1n) is 10.4. The number of fused-ring (bicyclic) bond motifs is 2. The summed E-state index contributed by atoms with van der Waals surface area (Å²) in [7, 11) is 0. The fourth-order valence-corrected chi connectivity index (χ4v) is 4.75. The van der Waals surface area contributed by atoms with E-state index < -0.39 is 41.3 Å². The van der Waals surface area contributed by atoms with Gasteiger partial charge in [0.05, 0.1) is 5.41 Å². The molecule has 1 amide bonds. The van der Waals surface area contributed by atoms with Crippen LogP contribution in [0.15, 0.2) is 54.6 Å². The van der Waals surface area contributed by atoms with Crippen molar-refractivity contribution >= 4 is 23.4 Å². The third kappa shape index (κ3) is 3.88. The van der Waals surface area contributed by atoms with E-state index in [1.807, 2.05) is 30.3 Å². The van der Waals surface area contributed by atoms with Crippen molar-refractivity contribution in [1.29, 1.82) is 0 Å². The normalized spacial score (nSPS) is 20.3. The van der Waals surface area contributed by atoms with Gasteiger partial charge < -0.3 is 10.4 Å². The van der Waals surface area contributed by atoms with Gasteiger partial charge in [0, 0.05) is 12.1 Å². The molecule has 1 heterocycles. The van der Waals surface area contributed by atoms with Crippen molar-refractivity contribution in [3.63, 3.8) is 0 Å². The van der Waals surface area contributed by atoms with Gasteiger partial charge in [-0.15, -0.1) is 0 Å². The molecule has 1 saturated heterocycles. The maximum atomic E-state index is 13.6. The number of nitrogens with zero attached hydrogens (tertiary/aromatic N) is 1. The number of carbonyl (C=O) groups excluding carboxylic acids is 3. The molecule has 2 aliphatic rings. The number of rotatable bonds is 5. The summed E-state index contributed by atoms with van der Waals surface area (Å²) in [5.41, 5.74) is 1.35. The summed E-state index contributed by atoms with van der Waals surface area (Å²) in [6, 6.07) is 17.1. The summed E-state index contributed by atoms with van der Waals surface area (Å²) in [6.45, 7) is 1.46. The van der Waals surface area contributed by atoms with Crippen LogP contribution in [0.2, 0.25) is 0 Å². The second-order valence-corrected chi connectivity index (χ2v) is 8.16. The molecular formula is C24H24N2O5. The molecular weight excluding hydrogens is 396 g/mol. The molecule has 1 unspecified atom stereocenters. The number of carboxylic acids is 1. The second-order valence-electron chi connectivity index (χ2n) is 8.16. The third-order valence-electron chi connectivity index (χ3n) is 6.34. The smallest absolute Gasteiger partial charge is 0.322 e. The Hall–Kier alpha value is -3.32. The number of carbonyl (C=O) groups is 4. The van der Waals surface area contributed by atoms with Gasteiger partial charge in [0.1, 0.15) is 6.54 Å². The fourth-order valence-electron chi connectivity index (χ4n) is 4.75. The van der Waals surface area contributed by atoms with Crippen LogP contribution in [0.1, 0.15) is 34.3 Å². The summed E-state index contributed by atoms with van der Waals surface area (Å²) in [5, 5.41) is 11.1. The number of nitrogens with one attached hydrogen (secondary N) is 1. The molecule has 160 valence electrons. The number of likely N-dealkylation sites (tertiary alicyclic amines) is 1. The Bertz CT molecular complexity index is 1030. The number of amides is 1. The first-order chi connectivity index (χ1) is 14.9. The van der Waals surface area contributed by atoms with E-state index in [2.05, 4.69) is 22.3 Å². The van der Waals surface area contributed by atoms with Gasteiger partial charge >= 0.3 is 5.97 Å². The zero-order valence-corrected chi connectivity index (χ0v) is 17.0. The number of carboxylic acid groups (broad SMARTS) is 1. The van der Waals surface area contributed by atoms with E-state index in [1.54, 1.807) is 12.1 Å². The average molecular weight is 420 g/mol. The van der Waals surface area contributed by atoms with Gasteiger partial charge in [-0.05, 0) is 37.1 Å². The largest absolute Gasteiger partial charge is 0.480 e. The lowest BCUT2D eigenvalue weighted by Crippen LogP contribution is -2.57.